The van der Waals surface area contributed by atoms with Gasteiger partial charge in [0.15, 0.2) is 5.69 Å². The van der Waals surface area contributed by atoms with Crippen LogP contribution in [0.1, 0.15) is 12.8 Å². The van der Waals surface area contributed by atoms with Crippen molar-refractivity contribution >= 4 is 27.5 Å². The highest BCUT2D eigenvalue weighted by Gasteiger charge is 2.19. The van der Waals surface area contributed by atoms with Crippen molar-refractivity contribution in [2.24, 2.45) is 5.92 Å². The number of hydrogen-bond acceptors (Lipinski definition) is 3. The van der Waals surface area contributed by atoms with Crippen LogP contribution < -0.4 is 5.32 Å². The first kappa shape index (κ1) is 19.7. The molecular formula is C27H24N6. The third-order valence-electron chi connectivity index (χ3n) is 6.74. The van der Waals surface area contributed by atoms with Crippen LogP contribution in [0.25, 0.3) is 49.0 Å². The zero-order valence-corrected chi connectivity index (χ0v) is 18.3. The molecule has 0 amide bonds. The van der Waals surface area contributed by atoms with Crippen LogP contribution in [-0.4, -0.2) is 32.8 Å². The molecule has 162 valence electrons. The Morgan fingerprint density at radius 3 is 2.64 bits per heavy atom. The maximum absolute atomic E-state index is 7.31. The Kier molecular flexibility index (Phi) is 4.89. The van der Waals surface area contributed by atoms with E-state index in [9.17, 15) is 0 Å². The molecule has 5 aromatic rings. The molecular weight excluding hydrogens is 408 g/mol. The van der Waals surface area contributed by atoms with Crippen molar-refractivity contribution < 1.29 is 0 Å². The smallest absolute Gasteiger partial charge is 0.187 e. The number of fused-ring (bicyclic) bond motifs is 2. The van der Waals surface area contributed by atoms with Gasteiger partial charge in [-0.2, -0.15) is 5.10 Å². The van der Waals surface area contributed by atoms with E-state index in [1.54, 1.807) is 0 Å². The number of aromatic nitrogens is 4. The van der Waals surface area contributed by atoms with Crippen LogP contribution in [0, 0.1) is 12.5 Å². The summed E-state index contributed by atoms with van der Waals surface area (Å²) in [5.74, 6) is 0.687. The summed E-state index contributed by atoms with van der Waals surface area (Å²) in [5.41, 5.74) is 6.99. The minimum Gasteiger partial charge on any atom is -0.346 e. The van der Waals surface area contributed by atoms with Crippen molar-refractivity contribution in [1.82, 2.24) is 25.1 Å². The van der Waals surface area contributed by atoms with Crippen LogP contribution in [0.15, 0.2) is 67.1 Å². The van der Waals surface area contributed by atoms with Gasteiger partial charge in [0, 0.05) is 34.6 Å². The molecule has 0 spiro atoms. The summed E-state index contributed by atoms with van der Waals surface area (Å²) in [5, 5.41) is 12.9. The summed E-state index contributed by atoms with van der Waals surface area (Å²) in [6, 6.07) is 16.3. The number of pyridine rings is 1. The fourth-order valence-electron chi connectivity index (χ4n) is 4.96. The lowest BCUT2D eigenvalue weighted by Crippen LogP contribution is -2.29. The van der Waals surface area contributed by atoms with E-state index in [1.807, 2.05) is 36.7 Å². The van der Waals surface area contributed by atoms with E-state index >= 15 is 0 Å². The van der Waals surface area contributed by atoms with Crippen molar-refractivity contribution in [3.05, 3.63) is 78.5 Å². The van der Waals surface area contributed by atoms with Gasteiger partial charge < -0.3 is 9.88 Å². The first-order chi connectivity index (χ1) is 16.3. The lowest BCUT2D eigenvalue weighted by molar-refractivity contribution is 0.337. The molecule has 4 heterocycles. The molecule has 1 fully saturated rings. The first-order valence-corrected chi connectivity index (χ1v) is 11.4. The molecule has 1 saturated heterocycles. The molecule has 0 unspecified atom stereocenters. The zero-order chi connectivity index (χ0) is 22.2. The second-order valence-electron chi connectivity index (χ2n) is 8.77. The predicted octanol–water partition coefficient (Wildman–Crippen LogP) is 5.80. The number of piperidine rings is 1. The molecule has 6 heteroatoms. The van der Waals surface area contributed by atoms with Gasteiger partial charge >= 0.3 is 0 Å². The van der Waals surface area contributed by atoms with Gasteiger partial charge in [0.1, 0.15) is 0 Å². The lowest BCUT2D eigenvalue weighted by Gasteiger charge is -2.23. The van der Waals surface area contributed by atoms with Gasteiger partial charge in [-0.3, -0.25) is 10.1 Å². The Labute approximate surface area is 192 Å². The Hall–Kier alpha value is -3.95. The van der Waals surface area contributed by atoms with E-state index in [1.165, 1.54) is 18.2 Å². The molecule has 2 N–H and O–H groups in total. The average Bonchev–Trinajstić information content (AvgIpc) is 3.51. The lowest BCUT2D eigenvalue weighted by atomic mass is 9.95. The summed E-state index contributed by atoms with van der Waals surface area (Å²) in [6.45, 7) is 10.5. The number of nitrogens with one attached hydrogen (secondary N) is 2. The molecule has 1 aliphatic rings. The summed E-state index contributed by atoms with van der Waals surface area (Å²) in [4.78, 5) is 8.55. The molecule has 6 nitrogen and oxygen atoms in total. The molecule has 0 saturated carbocycles. The molecule has 1 aliphatic heterocycles. The van der Waals surface area contributed by atoms with Crippen LogP contribution >= 0.6 is 0 Å². The largest absolute Gasteiger partial charge is 0.346 e. The van der Waals surface area contributed by atoms with E-state index in [4.69, 9.17) is 11.6 Å². The van der Waals surface area contributed by atoms with Crippen LogP contribution in [0.3, 0.4) is 0 Å². The quantitative estimate of drug-likeness (QED) is 0.353. The van der Waals surface area contributed by atoms with E-state index in [2.05, 4.69) is 55.4 Å². The number of benzene rings is 2. The fraction of sp³-hybridized carbons (Fsp3) is 0.222. The van der Waals surface area contributed by atoms with Crippen molar-refractivity contribution in [3.8, 4) is 22.4 Å². The van der Waals surface area contributed by atoms with Crippen LogP contribution in [0.2, 0.25) is 0 Å². The molecule has 0 atom stereocenters. The van der Waals surface area contributed by atoms with Crippen LogP contribution in [-0.2, 0) is 6.54 Å². The highest BCUT2D eigenvalue weighted by molar-refractivity contribution is 6.02. The van der Waals surface area contributed by atoms with Gasteiger partial charge in [-0.1, -0.05) is 30.3 Å². The Balaban J connectivity index is 1.52. The number of rotatable bonds is 4. The van der Waals surface area contributed by atoms with Gasteiger partial charge in [0.25, 0.3) is 0 Å². The van der Waals surface area contributed by atoms with Gasteiger partial charge in [-0.25, -0.2) is 4.85 Å². The van der Waals surface area contributed by atoms with Gasteiger partial charge in [-0.05, 0) is 55.6 Å². The third kappa shape index (κ3) is 3.57. The van der Waals surface area contributed by atoms with Crippen LogP contribution in [0.4, 0.5) is 5.69 Å². The average molecular weight is 433 g/mol. The van der Waals surface area contributed by atoms with Crippen molar-refractivity contribution in [2.75, 3.05) is 13.1 Å². The highest BCUT2D eigenvalue weighted by atomic mass is 15.1. The molecule has 0 bridgehead atoms. The van der Waals surface area contributed by atoms with Crippen molar-refractivity contribution in [2.45, 2.75) is 19.4 Å². The van der Waals surface area contributed by atoms with E-state index in [0.29, 0.717) is 11.6 Å². The number of hydrogen-bond donors (Lipinski definition) is 2. The summed E-state index contributed by atoms with van der Waals surface area (Å²) in [6.07, 6.45) is 8.48. The molecule has 0 radical (unpaired) electrons. The standard InChI is InChI=1S/C27H24N6/c1-28-22-5-2-19(3-6-22)26-23-10-13-33(17-18-8-11-29-12-9-18)25(23)16-30-27(26)20-4-7-24-21(14-20)15-31-32-24/h2-7,10,13-16,18,29H,8-9,11-12,17H2,(H,31,32). The molecule has 6 rings (SSSR count). The third-order valence-corrected chi connectivity index (χ3v) is 6.74. The van der Waals surface area contributed by atoms with Crippen LogP contribution in [0.5, 0.6) is 0 Å². The summed E-state index contributed by atoms with van der Waals surface area (Å²) < 4.78 is 2.36. The molecule has 3 aromatic heterocycles. The number of H-pyrrole nitrogens is 1. The first-order valence-electron chi connectivity index (χ1n) is 11.4. The van der Waals surface area contributed by atoms with Gasteiger partial charge in [0.2, 0.25) is 0 Å². The Morgan fingerprint density at radius 1 is 1.00 bits per heavy atom. The van der Waals surface area contributed by atoms with E-state index in [-0.39, 0.29) is 0 Å². The monoisotopic (exact) mass is 432 g/mol. The SMILES string of the molecule is [C-]#[N+]c1ccc(-c2c(-c3ccc4[nH]ncc4c3)ncc3c2ccn3CC2CCNCC2)cc1. The zero-order valence-electron chi connectivity index (χ0n) is 18.3. The molecule has 33 heavy (non-hydrogen) atoms. The topological polar surface area (TPSA) is 62.9 Å². The second kappa shape index (κ2) is 8.19. The fourth-order valence-corrected chi connectivity index (χ4v) is 4.96. The van der Waals surface area contributed by atoms with Gasteiger partial charge in [-0.15, -0.1) is 0 Å². The Bertz CT molecular complexity index is 1480. The van der Waals surface area contributed by atoms with Gasteiger partial charge in [0.05, 0.1) is 35.7 Å². The highest BCUT2D eigenvalue weighted by Crippen LogP contribution is 2.38. The molecule has 2 aromatic carbocycles. The number of aromatic amines is 1. The van der Waals surface area contributed by atoms with E-state index < -0.39 is 0 Å². The minimum absolute atomic E-state index is 0.642. The van der Waals surface area contributed by atoms with Crippen molar-refractivity contribution in [1.29, 1.82) is 0 Å². The maximum Gasteiger partial charge on any atom is 0.187 e. The predicted molar refractivity (Wildman–Crippen MR) is 132 cm³/mol. The maximum atomic E-state index is 7.31. The Morgan fingerprint density at radius 2 is 1.82 bits per heavy atom. The van der Waals surface area contributed by atoms with E-state index in [0.717, 1.165) is 58.4 Å². The minimum atomic E-state index is 0.642. The molecule has 0 aliphatic carbocycles. The van der Waals surface area contributed by atoms with Crippen molar-refractivity contribution in [3.63, 3.8) is 0 Å². The summed E-state index contributed by atoms with van der Waals surface area (Å²) >= 11 is 0. The second-order valence-corrected chi connectivity index (χ2v) is 8.77. The normalized spacial score (nSPS) is 14.6. The summed E-state index contributed by atoms with van der Waals surface area (Å²) in [7, 11) is 0. The number of nitrogens with zero attached hydrogens (tertiary/aromatic N) is 4.